The lowest BCUT2D eigenvalue weighted by Crippen LogP contribution is -1.88. The van der Waals surface area contributed by atoms with Gasteiger partial charge in [0, 0.05) is 11.8 Å². The van der Waals surface area contributed by atoms with Crippen LogP contribution in [-0.2, 0) is 6.42 Å². The number of nitrogens with zero attached hydrogens (tertiary/aromatic N) is 3. The van der Waals surface area contributed by atoms with Crippen LogP contribution in [0.2, 0.25) is 0 Å². The first-order valence-electron chi connectivity index (χ1n) is 5.47. The molecule has 0 aliphatic heterocycles. The summed E-state index contributed by atoms with van der Waals surface area (Å²) in [4.78, 5) is 4.19. The van der Waals surface area contributed by atoms with Gasteiger partial charge in [0.05, 0.1) is 7.11 Å². The van der Waals surface area contributed by atoms with E-state index in [2.05, 4.69) is 15.2 Å². The van der Waals surface area contributed by atoms with Gasteiger partial charge in [-0.2, -0.15) is 0 Å². The second-order valence-electron chi connectivity index (χ2n) is 3.49. The van der Waals surface area contributed by atoms with Crippen LogP contribution in [-0.4, -0.2) is 28.6 Å². The van der Waals surface area contributed by atoms with Crippen LogP contribution in [0.25, 0.3) is 0 Å². The minimum Gasteiger partial charge on any atom is -0.504 e. The number of aryl methyl sites for hydroxylation is 1. The van der Waals surface area contributed by atoms with E-state index < -0.39 is 0 Å². The largest absolute Gasteiger partial charge is 0.504 e. The van der Waals surface area contributed by atoms with Gasteiger partial charge in [0.1, 0.15) is 5.01 Å². The van der Waals surface area contributed by atoms with Crippen molar-refractivity contribution in [3.8, 4) is 11.5 Å². The molecule has 2 aromatic rings. The van der Waals surface area contributed by atoms with Crippen LogP contribution in [0.15, 0.2) is 23.2 Å². The van der Waals surface area contributed by atoms with Crippen molar-refractivity contribution in [2.24, 2.45) is 4.99 Å². The molecule has 0 fully saturated rings. The first-order valence-corrected chi connectivity index (χ1v) is 6.28. The Bertz CT molecular complexity index is 566. The van der Waals surface area contributed by atoms with Crippen molar-refractivity contribution in [1.82, 2.24) is 10.2 Å². The van der Waals surface area contributed by atoms with Gasteiger partial charge in [0.25, 0.3) is 0 Å². The molecule has 0 unspecified atom stereocenters. The molecule has 6 heteroatoms. The van der Waals surface area contributed by atoms with Crippen molar-refractivity contribution in [3.63, 3.8) is 0 Å². The molecular weight excluding hydrogens is 250 g/mol. The zero-order valence-electron chi connectivity index (χ0n) is 10.1. The highest BCUT2D eigenvalue weighted by Gasteiger charge is 2.05. The minimum atomic E-state index is 0.0731. The zero-order chi connectivity index (χ0) is 13.0. The van der Waals surface area contributed by atoms with E-state index in [1.807, 2.05) is 6.92 Å². The average molecular weight is 263 g/mol. The summed E-state index contributed by atoms with van der Waals surface area (Å²) in [5.74, 6) is 0.495. The smallest absolute Gasteiger partial charge is 0.231 e. The van der Waals surface area contributed by atoms with Gasteiger partial charge in [0.2, 0.25) is 5.13 Å². The van der Waals surface area contributed by atoms with Crippen molar-refractivity contribution >= 4 is 22.7 Å². The third-order valence-electron chi connectivity index (χ3n) is 2.32. The van der Waals surface area contributed by atoms with Gasteiger partial charge in [-0.05, 0) is 18.6 Å². The molecule has 1 heterocycles. The lowest BCUT2D eigenvalue weighted by Gasteiger charge is -2.04. The van der Waals surface area contributed by atoms with E-state index in [4.69, 9.17) is 4.74 Å². The van der Waals surface area contributed by atoms with E-state index in [1.165, 1.54) is 18.4 Å². The highest BCUT2D eigenvalue weighted by atomic mass is 32.1. The Kier molecular flexibility index (Phi) is 3.88. The van der Waals surface area contributed by atoms with Crippen LogP contribution in [0.3, 0.4) is 0 Å². The Morgan fingerprint density at radius 1 is 1.44 bits per heavy atom. The number of rotatable bonds is 4. The Labute approximate surface area is 109 Å². The van der Waals surface area contributed by atoms with Crippen LogP contribution >= 0.6 is 11.3 Å². The summed E-state index contributed by atoms with van der Waals surface area (Å²) in [5, 5.41) is 19.3. The van der Waals surface area contributed by atoms with Gasteiger partial charge < -0.3 is 9.84 Å². The first-order chi connectivity index (χ1) is 8.74. The number of para-hydroxylation sites is 1. The fraction of sp³-hybridized carbons (Fsp3) is 0.250. The molecule has 0 radical (unpaired) electrons. The molecule has 0 amide bonds. The van der Waals surface area contributed by atoms with Gasteiger partial charge in [-0.15, -0.1) is 10.2 Å². The van der Waals surface area contributed by atoms with Gasteiger partial charge in [-0.1, -0.05) is 24.3 Å². The highest BCUT2D eigenvalue weighted by molar-refractivity contribution is 7.14. The average Bonchev–Trinajstić information content (AvgIpc) is 2.85. The number of aromatic hydroxyl groups is 1. The number of aromatic nitrogens is 2. The molecule has 0 bridgehead atoms. The Morgan fingerprint density at radius 2 is 2.28 bits per heavy atom. The van der Waals surface area contributed by atoms with Crippen molar-refractivity contribution in [3.05, 3.63) is 28.8 Å². The number of methoxy groups -OCH3 is 1. The molecule has 5 nitrogen and oxygen atoms in total. The summed E-state index contributed by atoms with van der Waals surface area (Å²) < 4.78 is 5.02. The maximum Gasteiger partial charge on any atom is 0.231 e. The molecule has 1 aromatic carbocycles. The number of benzene rings is 1. The predicted octanol–water partition coefficient (Wildman–Crippen LogP) is 2.57. The van der Waals surface area contributed by atoms with Gasteiger partial charge in [-0.3, -0.25) is 0 Å². The number of hydrogen-bond acceptors (Lipinski definition) is 6. The topological polar surface area (TPSA) is 67.6 Å². The quantitative estimate of drug-likeness (QED) is 0.861. The van der Waals surface area contributed by atoms with Crippen molar-refractivity contribution in [1.29, 1.82) is 0 Å². The first kappa shape index (κ1) is 12.5. The standard InChI is InChI=1S/C12H13N3O2S/c1-3-10-14-15-12(18-10)13-7-8-5-4-6-9(17-2)11(8)16/h4-7,16H,3H2,1-2H3/b13-7+. The third kappa shape index (κ3) is 2.65. The molecule has 0 aliphatic carbocycles. The maximum absolute atomic E-state index is 9.87. The molecule has 0 atom stereocenters. The fourth-order valence-electron chi connectivity index (χ4n) is 1.37. The van der Waals surface area contributed by atoms with Crippen LogP contribution in [0.5, 0.6) is 11.5 Å². The normalized spacial score (nSPS) is 11.0. The van der Waals surface area contributed by atoms with Gasteiger partial charge in [-0.25, -0.2) is 4.99 Å². The van der Waals surface area contributed by atoms with Gasteiger partial charge in [0.15, 0.2) is 11.5 Å². The summed E-state index contributed by atoms with van der Waals surface area (Å²) in [7, 11) is 1.51. The SMILES string of the molecule is CCc1nnc(/N=C/c2cccc(OC)c2O)s1. The number of hydrogen-bond donors (Lipinski definition) is 1. The van der Waals surface area contributed by atoms with Crippen molar-refractivity contribution in [2.45, 2.75) is 13.3 Å². The lowest BCUT2D eigenvalue weighted by molar-refractivity contribution is 0.373. The summed E-state index contributed by atoms with van der Waals surface area (Å²) >= 11 is 1.43. The number of ether oxygens (including phenoxy) is 1. The van der Waals surface area contributed by atoms with Crippen LogP contribution < -0.4 is 4.74 Å². The van der Waals surface area contributed by atoms with E-state index >= 15 is 0 Å². The summed E-state index contributed by atoms with van der Waals surface area (Å²) in [6, 6.07) is 5.23. The summed E-state index contributed by atoms with van der Waals surface area (Å²) in [6.45, 7) is 2.02. The molecule has 1 aromatic heterocycles. The van der Waals surface area contributed by atoms with Gasteiger partial charge >= 0.3 is 0 Å². The van der Waals surface area contributed by atoms with E-state index in [9.17, 15) is 5.11 Å². The number of phenolic OH excluding ortho intramolecular Hbond substituents is 1. The van der Waals surface area contributed by atoms with E-state index in [-0.39, 0.29) is 5.75 Å². The van der Waals surface area contributed by atoms with Crippen LogP contribution in [0.4, 0.5) is 5.13 Å². The Morgan fingerprint density at radius 3 is 2.94 bits per heavy atom. The third-order valence-corrected chi connectivity index (χ3v) is 3.30. The molecule has 18 heavy (non-hydrogen) atoms. The predicted molar refractivity (Wildman–Crippen MR) is 71.2 cm³/mol. The van der Waals surface area contributed by atoms with Crippen molar-refractivity contribution in [2.75, 3.05) is 7.11 Å². The molecule has 0 saturated heterocycles. The van der Waals surface area contributed by atoms with Crippen molar-refractivity contribution < 1.29 is 9.84 Å². The molecule has 2 rings (SSSR count). The molecule has 94 valence electrons. The van der Waals surface area contributed by atoms with E-state index in [1.54, 1.807) is 24.4 Å². The lowest BCUT2D eigenvalue weighted by atomic mass is 10.2. The summed E-state index contributed by atoms with van der Waals surface area (Å²) in [6.07, 6.45) is 2.40. The fourth-order valence-corrected chi connectivity index (χ4v) is 2.00. The van der Waals surface area contributed by atoms with Crippen LogP contribution in [0.1, 0.15) is 17.5 Å². The second kappa shape index (κ2) is 5.59. The monoisotopic (exact) mass is 263 g/mol. The zero-order valence-corrected chi connectivity index (χ0v) is 10.9. The van der Waals surface area contributed by atoms with Crippen LogP contribution in [0, 0.1) is 0 Å². The minimum absolute atomic E-state index is 0.0731. The Hall–Kier alpha value is -1.95. The van der Waals surface area contributed by atoms with E-state index in [0.29, 0.717) is 16.4 Å². The molecular formula is C12H13N3O2S. The highest BCUT2D eigenvalue weighted by Crippen LogP contribution is 2.28. The van der Waals surface area contributed by atoms with E-state index in [0.717, 1.165) is 11.4 Å². The number of phenols is 1. The summed E-state index contributed by atoms with van der Waals surface area (Å²) in [5.41, 5.74) is 0.586. The molecule has 0 saturated carbocycles. The molecule has 0 spiro atoms. The Balaban J connectivity index is 2.23. The molecule has 1 N–H and O–H groups in total. The maximum atomic E-state index is 9.87. The molecule has 0 aliphatic rings. The second-order valence-corrected chi connectivity index (χ2v) is 4.53. The number of aliphatic imine (C=N–C) groups is 1.